The molecule has 32 heavy (non-hydrogen) atoms. The fourth-order valence-corrected chi connectivity index (χ4v) is 5.86. The number of carbonyl (C=O) groups excluding carboxylic acids is 2. The number of hydrogen-bond acceptors (Lipinski definition) is 5. The highest BCUT2D eigenvalue weighted by atomic mass is 32.2. The van der Waals surface area contributed by atoms with E-state index in [-0.39, 0.29) is 24.8 Å². The Bertz CT molecular complexity index is 1270. The lowest BCUT2D eigenvalue weighted by atomic mass is 10.1. The normalized spacial score (nSPS) is 18.8. The Morgan fingerprint density at radius 3 is 2.06 bits per heavy atom. The standard InChI is InChI=1S/C24H20N2O5S/c27-23-18-11-4-5-12-19(18)24(28)25(23)16-8-15-22-31-21-14-7-6-13-20(21)26(32(22,29)30)17-9-2-1-3-10-17/h1-7,9-14,22H,8,15-16H2. The molecule has 0 saturated heterocycles. The summed E-state index contributed by atoms with van der Waals surface area (Å²) in [6, 6.07) is 22.5. The molecule has 0 radical (unpaired) electrons. The second kappa shape index (κ2) is 7.80. The van der Waals surface area contributed by atoms with Gasteiger partial charge < -0.3 is 4.74 Å². The van der Waals surface area contributed by atoms with Crippen molar-refractivity contribution >= 4 is 33.2 Å². The van der Waals surface area contributed by atoms with Crippen molar-refractivity contribution in [2.45, 2.75) is 18.3 Å². The van der Waals surface area contributed by atoms with Gasteiger partial charge in [0.05, 0.1) is 22.5 Å². The zero-order valence-corrected chi connectivity index (χ0v) is 17.9. The summed E-state index contributed by atoms with van der Waals surface area (Å²) in [6.07, 6.45) is 0.424. The predicted octanol–water partition coefficient (Wildman–Crippen LogP) is 3.95. The lowest BCUT2D eigenvalue weighted by molar-refractivity contribution is 0.0648. The Labute approximate surface area is 185 Å². The number of amides is 2. The van der Waals surface area contributed by atoms with Gasteiger partial charge in [-0.05, 0) is 42.8 Å². The van der Waals surface area contributed by atoms with Crippen LogP contribution in [0.15, 0.2) is 78.9 Å². The van der Waals surface area contributed by atoms with Crippen LogP contribution in [0.4, 0.5) is 11.4 Å². The number of fused-ring (bicyclic) bond motifs is 2. The van der Waals surface area contributed by atoms with Crippen LogP contribution in [0.2, 0.25) is 0 Å². The number of ether oxygens (including phenoxy) is 1. The molecule has 0 aliphatic carbocycles. The Morgan fingerprint density at radius 2 is 1.38 bits per heavy atom. The number of carbonyl (C=O) groups is 2. The number of imide groups is 1. The number of benzene rings is 3. The van der Waals surface area contributed by atoms with Crippen LogP contribution in [0.3, 0.4) is 0 Å². The number of hydrogen-bond donors (Lipinski definition) is 0. The first-order valence-electron chi connectivity index (χ1n) is 10.3. The molecule has 0 spiro atoms. The van der Waals surface area contributed by atoms with Crippen LogP contribution in [0, 0.1) is 0 Å². The van der Waals surface area contributed by atoms with E-state index in [0.717, 1.165) is 0 Å². The van der Waals surface area contributed by atoms with Crippen molar-refractivity contribution in [2.75, 3.05) is 10.8 Å². The summed E-state index contributed by atoms with van der Waals surface area (Å²) < 4.78 is 34.1. The molecule has 1 atom stereocenters. The van der Waals surface area contributed by atoms with Crippen molar-refractivity contribution < 1.29 is 22.7 Å². The zero-order chi connectivity index (χ0) is 22.3. The number of anilines is 2. The van der Waals surface area contributed by atoms with Gasteiger partial charge in [0, 0.05) is 13.0 Å². The summed E-state index contributed by atoms with van der Waals surface area (Å²) in [6.45, 7) is 0.120. The van der Waals surface area contributed by atoms with Gasteiger partial charge in [0.15, 0.2) is 0 Å². The molecule has 0 N–H and O–H groups in total. The van der Waals surface area contributed by atoms with E-state index in [1.165, 1.54) is 9.21 Å². The number of para-hydroxylation sites is 3. The minimum absolute atomic E-state index is 0.120. The second-order valence-corrected chi connectivity index (χ2v) is 9.53. The third kappa shape index (κ3) is 3.23. The number of sulfonamides is 1. The average molecular weight is 449 g/mol. The van der Waals surface area contributed by atoms with Gasteiger partial charge in [-0.15, -0.1) is 0 Å². The fourth-order valence-electron chi connectivity index (χ4n) is 4.10. The molecule has 162 valence electrons. The molecule has 2 aliphatic heterocycles. The lowest BCUT2D eigenvalue weighted by Gasteiger charge is -2.35. The predicted molar refractivity (Wildman–Crippen MR) is 119 cm³/mol. The van der Waals surface area contributed by atoms with Crippen molar-refractivity contribution in [3.05, 3.63) is 90.0 Å². The molecule has 5 rings (SSSR count). The van der Waals surface area contributed by atoms with E-state index in [4.69, 9.17) is 4.74 Å². The van der Waals surface area contributed by atoms with Gasteiger partial charge in [-0.1, -0.05) is 42.5 Å². The van der Waals surface area contributed by atoms with Crippen LogP contribution < -0.4 is 9.04 Å². The third-order valence-electron chi connectivity index (χ3n) is 5.62. The highest BCUT2D eigenvalue weighted by Gasteiger charge is 2.41. The molecule has 0 bridgehead atoms. The van der Waals surface area contributed by atoms with Gasteiger partial charge >= 0.3 is 0 Å². The van der Waals surface area contributed by atoms with Crippen LogP contribution >= 0.6 is 0 Å². The molecule has 7 nitrogen and oxygen atoms in total. The average Bonchev–Trinajstić information content (AvgIpc) is 3.05. The fraction of sp³-hybridized carbons (Fsp3) is 0.167. The highest BCUT2D eigenvalue weighted by molar-refractivity contribution is 7.93. The number of rotatable bonds is 5. The zero-order valence-electron chi connectivity index (χ0n) is 17.0. The van der Waals surface area contributed by atoms with Gasteiger partial charge in [0.25, 0.3) is 21.8 Å². The Hall–Kier alpha value is -3.65. The van der Waals surface area contributed by atoms with E-state index in [1.807, 2.05) is 6.07 Å². The van der Waals surface area contributed by atoms with Gasteiger partial charge in [-0.2, -0.15) is 0 Å². The molecule has 0 saturated carbocycles. The maximum absolute atomic E-state index is 13.5. The van der Waals surface area contributed by atoms with Gasteiger partial charge in [0.1, 0.15) is 5.75 Å². The van der Waals surface area contributed by atoms with Crippen molar-refractivity contribution in [1.29, 1.82) is 0 Å². The summed E-state index contributed by atoms with van der Waals surface area (Å²) in [4.78, 5) is 26.3. The maximum Gasteiger partial charge on any atom is 0.277 e. The smallest absolute Gasteiger partial charge is 0.277 e. The first-order chi connectivity index (χ1) is 15.5. The quantitative estimate of drug-likeness (QED) is 0.552. The van der Waals surface area contributed by atoms with Crippen molar-refractivity contribution in [2.24, 2.45) is 0 Å². The van der Waals surface area contributed by atoms with Gasteiger partial charge in [-0.3, -0.25) is 14.5 Å². The third-order valence-corrected chi connectivity index (χ3v) is 7.53. The minimum Gasteiger partial charge on any atom is -0.470 e. The van der Waals surface area contributed by atoms with Crippen LogP contribution in [0.25, 0.3) is 0 Å². The first kappa shape index (κ1) is 20.3. The monoisotopic (exact) mass is 448 g/mol. The number of nitrogens with zero attached hydrogens (tertiary/aromatic N) is 2. The Morgan fingerprint density at radius 1 is 0.781 bits per heavy atom. The molecule has 1 unspecified atom stereocenters. The minimum atomic E-state index is -3.88. The largest absolute Gasteiger partial charge is 0.470 e. The molecular formula is C24H20N2O5S. The van der Waals surface area contributed by atoms with Crippen LogP contribution in [-0.4, -0.2) is 37.1 Å². The molecule has 8 heteroatoms. The van der Waals surface area contributed by atoms with Crippen molar-refractivity contribution in [3.63, 3.8) is 0 Å². The molecule has 3 aromatic rings. The van der Waals surface area contributed by atoms with Crippen LogP contribution in [-0.2, 0) is 10.0 Å². The van der Waals surface area contributed by atoms with Gasteiger partial charge in [0.2, 0.25) is 5.44 Å². The highest BCUT2D eigenvalue weighted by Crippen LogP contribution is 2.42. The summed E-state index contributed by atoms with van der Waals surface area (Å²) >= 11 is 0. The molecule has 3 aromatic carbocycles. The van der Waals surface area contributed by atoms with E-state index in [0.29, 0.717) is 34.7 Å². The molecular weight excluding hydrogens is 428 g/mol. The van der Waals surface area contributed by atoms with Crippen molar-refractivity contribution in [3.8, 4) is 5.75 Å². The van der Waals surface area contributed by atoms with Crippen LogP contribution in [0.1, 0.15) is 33.6 Å². The summed E-state index contributed by atoms with van der Waals surface area (Å²) in [5, 5.41) is 0. The molecule has 0 aromatic heterocycles. The van der Waals surface area contributed by atoms with Gasteiger partial charge in [-0.25, -0.2) is 12.7 Å². The van der Waals surface area contributed by atoms with Crippen molar-refractivity contribution in [1.82, 2.24) is 4.90 Å². The second-order valence-electron chi connectivity index (χ2n) is 7.61. The summed E-state index contributed by atoms with van der Waals surface area (Å²) in [5.74, 6) is -0.236. The Balaban J connectivity index is 1.37. The van der Waals surface area contributed by atoms with E-state index in [1.54, 1.807) is 72.8 Å². The first-order valence-corrected chi connectivity index (χ1v) is 11.8. The molecule has 2 aliphatic rings. The maximum atomic E-state index is 13.5. The van der Waals surface area contributed by atoms with E-state index in [2.05, 4.69) is 0 Å². The van der Waals surface area contributed by atoms with E-state index >= 15 is 0 Å². The van der Waals surface area contributed by atoms with Crippen LogP contribution in [0.5, 0.6) is 5.75 Å². The summed E-state index contributed by atoms with van der Waals surface area (Å²) in [7, 11) is -3.88. The summed E-state index contributed by atoms with van der Waals surface area (Å²) in [5.41, 5.74) is 0.600. The SMILES string of the molecule is O=C1c2ccccc2C(=O)N1CCCC1Oc2ccccc2N(c2ccccc2)S1(=O)=O. The molecule has 2 heterocycles. The molecule has 0 fully saturated rings. The lowest BCUT2D eigenvalue weighted by Crippen LogP contribution is -2.43. The molecule has 2 amide bonds. The van der Waals surface area contributed by atoms with E-state index in [9.17, 15) is 18.0 Å². The topological polar surface area (TPSA) is 84.0 Å². The van der Waals surface area contributed by atoms with E-state index < -0.39 is 15.5 Å². The Kier molecular flexibility index (Phi) is 4.94.